The van der Waals surface area contributed by atoms with E-state index in [0.29, 0.717) is 0 Å². The molecule has 27 heavy (non-hydrogen) atoms. The highest BCUT2D eigenvalue weighted by atomic mass is 32.2. The van der Waals surface area contributed by atoms with Crippen molar-refractivity contribution in [2.75, 3.05) is 6.61 Å². The summed E-state index contributed by atoms with van der Waals surface area (Å²) in [6, 6.07) is 21.9. The molecule has 0 amide bonds. The highest BCUT2D eigenvalue weighted by molar-refractivity contribution is 7.92. The first-order valence-electron chi connectivity index (χ1n) is 8.93. The molecule has 3 aromatic rings. The van der Waals surface area contributed by atoms with Crippen molar-refractivity contribution in [2.24, 2.45) is 5.92 Å². The van der Waals surface area contributed by atoms with Crippen LogP contribution >= 0.6 is 0 Å². The lowest BCUT2D eigenvalue weighted by atomic mass is 9.82. The first kappa shape index (κ1) is 17.7. The van der Waals surface area contributed by atoms with Gasteiger partial charge in [-0.2, -0.15) is 0 Å². The second-order valence-electron chi connectivity index (χ2n) is 7.02. The lowest BCUT2D eigenvalue weighted by Gasteiger charge is -2.35. The van der Waals surface area contributed by atoms with Crippen LogP contribution in [0.25, 0.3) is 10.8 Å². The highest BCUT2D eigenvalue weighted by Gasteiger charge is 2.47. The zero-order chi connectivity index (χ0) is 19.0. The number of rotatable bonds is 3. The Morgan fingerprint density at radius 1 is 0.889 bits per heavy atom. The minimum atomic E-state index is -3.87. The summed E-state index contributed by atoms with van der Waals surface area (Å²) in [6.07, 6.45) is 0. The van der Waals surface area contributed by atoms with Crippen LogP contribution < -0.4 is 0 Å². The molecule has 1 heterocycles. The third-order valence-corrected chi connectivity index (χ3v) is 7.31. The van der Waals surface area contributed by atoms with E-state index in [4.69, 9.17) is 4.74 Å². The molecule has 0 spiro atoms. The first-order valence-corrected chi connectivity index (χ1v) is 10.5. The maximum absolute atomic E-state index is 13.3. The van der Waals surface area contributed by atoms with Gasteiger partial charge in [0.15, 0.2) is 15.1 Å². The molecule has 4 rings (SSSR count). The minimum Gasteiger partial charge on any atom is -0.464 e. The Labute approximate surface area is 158 Å². The number of benzene rings is 3. The molecule has 1 aliphatic rings. The summed E-state index contributed by atoms with van der Waals surface area (Å²) in [4.78, 5) is 12.8. The third kappa shape index (κ3) is 3.12. The molecule has 1 fully saturated rings. The van der Waals surface area contributed by atoms with Crippen molar-refractivity contribution in [1.29, 1.82) is 0 Å². The van der Waals surface area contributed by atoms with Crippen molar-refractivity contribution in [3.05, 3.63) is 78.4 Å². The molecule has 5 heteroatoms. The molecule has 3 atom stereocenters. The molecule has 138 valence electrons. The molecule has 0 aliphatic carbocycles. The van der Waals surface area contributed by atoms with Crippen LogP contribution in [0.4, 0.5) is 0 Å². The van der Waals surface area contributed by atoms with E-state index in [1.165, 1.54) is 12.1 Å². The number of cyclic esters (lactones) is 1. The SMILES string of the molecule is C[C@H]1COC(=O)[C@@H](S(=O)(=O)c2ccccc2)[C@@H]1c1ccc2ccccc2c1. The number of carbonyl (C=O) groups is 1. The van der Waals surface area contributed by atoms with Gasteiger partial charge in [0.05, 0.1) is 11.5 Å². The van der Waals surface area contributed by atoms with E-state index in [9.17, 15) is 13.2 Å². The lowest BCUT2D eigenvalue weighted by Crippen LogP contribution is -2.45. The van der Waals surface area contributed by atoms with Crippen LogP contribution in [0, 0.1) is 5.92 Å². The number of carbonyl (C=O) groups excluding carboxylic acids is 1. The first-order chi connectivity index (χ1) is 13.0. The van der Waals surface area contributed by atoms with Gasteiger partial charge in [-0.15, -0.1) is 0 Å². The molecule has 0 N–H and O–H groups in total. The monoisotopic (exact) mass is 380 g/mol. The molecule has 0 radical (unpaired) electrons. The van der Waals surface area contributed by atoms with Gasteiger partial charge in [0.1, 0.15) is 0 Å². The average Bonchev–Trinajstić information content (AvgIpc) is 2.69. The summed E-state index contributed by atoms with van der Waals surface area (Å²) in [5, 5.41) is 0.858. The van der Waals surface area contributed by atoms with Gasteiger partial charge in [-0.1, -0.05) is 67.6 Å². The van der Waals surface area contributed by atoms with Gasteiger partial charge >= 0.3 is 5.97 Å². The molecule has 1 aliphatic heterocycles. The van der Waals surface area contributed by atoms with E-state index < -0.39 is 27.0 Å². The van der Waals surface area contributed by atoms with Crippen molar-refractivity contribution in [3.8, 4) is 0 Å². The van der Waals surface area contributed by atoms with Gasteiger partial charge < -0.3 is 4.74 Å². The molecule has 0 unspecified atom stereocenters. The Kier molecular flexibility index (Phi) is 4.48. The van der Waals surface area contributed by atoms with Crippen molar-refractivity contribution in [1.82, 2.24) is 0 Å². The fourth-order valence-electron chi connectivity index (χ4n) is 3.84. The van der Waals surface area contributed by atoms with Gasteiger partial charge in [0.2, 0.25) is 0 Å². The molecule has 0 saturated carbocycles. The Bertz CT molecular complexity index is 1090. The van der Waals surface area contributed by atoms with E-state index in [1.807, 2.05) is 49.4 Å². The van der Waals surface area contributed by atoms with Gasteiger partial charge in [-0.3, -0.25) is 4.79 Å². The van der Waals surface area contributed by atoms with Crippen molar-refractivity contribution < 1.29 is 17.9 Å². The van der Waals surface area contributed by atoms with Gasteiger partial charge in [0, 0.05) is 5.92 Å². The molecular formula is C22H20O4S. The zero-order valence-electron chi connectivity index (χ0n) is 14.9. The van der Waals surface area contributed by atoms with Crippen LogP contribution in [0.5, 0.6) is 0 Å². The van der Waals surface area contributed by atoms with Gasteiger partial charge in [-0.05, 0) is 34.4 Å². The zero-order valence-corrected chi connectivity index (χ0v) is 15.7. The van der Waals surface area contributed by atoms with E-state index in [0.717, 1.165) is 16.3 Å². The topological polar surface area (TPSA) is 60.4 Å². The molecule has 4 nitrogen and oxygen atoms in total. The molecule has 0 bridgehead atoms. The van der Waals surface area contributed by atoms with Crippen molar-refractivity contribution in [3.63, 3.8) is 0 Å². The Morgan fingerprint density at radius 3 is 2.30 bits per heavy atom. The smallest absolute Gasteiger partial charge is 0.325 e. The van der Waals surface area contributed by atoms with Crippen molar-refractivity contribution >= 4 is 26.6 Å². The van der Waals surface area contributed by atoms with Crippen LogP contribution in [0.1, 0.15) is 18.4 Å². The van der Waals surface area contributed by atoms with Crippen LogP contribution in [0.15, 0.2) is 77.7 Å². The summed E-state index contributed by atoms with van der Waals surface area (Å²) < 4.78 is 31.8. The van der Waals surface area contributed by atoms with E-state index >= 15 is 0 Å². The summed E-state index contributed by atoms with van der Waals surface area (Å²) in [7, 11) is -3.87. The minimum absolute atomic E-state index is 0.104. The molecule has 0 aromatic heterocycles. The molecule has 3 aromatic carbocycles. The normalized spacial score (nSPS) is 23.1. The van der Waals surface area contributed by atoms with Crippen LogP contribution in [-0.2, 0) is 19.4 Å². The average molecular weight is 380 g/mol. The van der Waals surface area contributed by atoms with Gasteiger partial charge in [-0.25, -0.2) is 8.42 Å². The number of hydrogen-bond donors (Lipinski definition) is 0. The number of sulfone groups is 1. The third-order valence-electron chi connectivity index (χ3n) is 5.22. The van der Waals surface area contributed by atoms with Crippen LogP contribution in [0.2, 0.25) is 0 Å². The second kappa shape index (κ2) is 6.82. The fourth-order valence-corrected chi connectivity index (χ4v) is 5.80. The number of esters is 1. The Morgan fingerprint density at radius 2 is 1.56 bits per heavy atom. The summed E-state index contributed by atoms with van der Waals surface area (Å²) in [6.45, 7) is 2.15. The quantitative estimate of drug-likeness (QED) is 0.646. The van der Waals surface area contributed by atoms with Crippen LogP contribution in [0.3, 0.4) is 0 Å². The van der Waals surface area contributed by atoms with Crippen molar-refractivity contribution in [2.45, 2.75) is 23.0 Å². The lowest BCUT2D eigenvalue weighted by molar-refractivity contribution is -0.149. The number of ether oxygens (including phenoxy) is 1. The summed E-state index contributed by atoms with van der Waals surface area (Å²) in [5.74, 6) is -1.23. The largest absolute Gasteiger partial charge is 0.464 e. The van der Waals surface area contributed by atoms with E-state index in [1.54, 1.807) is 18.2 Å². The maximum atomic E-state index is 13.3. The molecular weight excluding hydrogens is 360 g/mol. The van der Waals surface area contributed by atoms with E-state index in [-0.39, 0.29) is 17.4 Å². The van der Waals surface area contributed by atoms with Gasteiger partial charge in [0.25, 0.3) is 0 Å². The van der Waals surface area contributed by atoms with Crippen LogP contribution in [-0.4, -0.2) is 26.2 Å². The van der Waals surface area contributed by atoms with E-state index in [2.05, 4.69) is 0 Å². The molecule has 1 saturated heterocycles. The predicted molar refractivity (Wildman–Crippen MR) is 104 cm³/mol. The highest BCUT2D eigenvalue weighted by Crippen LogP contribution is 2.39. The second-order valence-corrected chi connectivity index (χ2v) is 9.09. The Balaban J connectivity index is 1.85. The summed E-state index contributed by atoms with van der Waals surface area (Å²) >= 11 is 0. The standard InChI is InChI=1S/C22H20O4S/c1-15-14-26-22(23)21(27(24,25)19-9-3-2-4-10-19)20(15)18-12-11-16-7-5-6-8-17(16)13-18/h2-13,15,20-21H,14H2,1H3/t15-,20-,21-/m0/s1. The maximum Gasteiger partial charge on any atom is 0.325 e. The Hall–Kier alpha value is -2.66. The summed E-state index contributed by atoms with van der Waals surface area (Å²) in [5.41, 5.74) is 0.849. The predicted octanol–water partition coefficient (Wildman–Crippen LogP) is 3.96. The fraction of sp³-hybridized carbons (Fsp3) is 0.227. The number of fused-ring (bicyclic) bond motifs is 1. The number of hydrogen-bond acceptors (Lipinski definition) is 4.